The third-order valence-corrected chi connectivity index (χ3v) is 4.58. The van der Waals surface area contributed by atoms with Gasteiger partial charge in [0.15, 0.2) is 0 Å². The van der Waals surface area contributed by atoms with Crippen LogP contribution in [-0.2, 0) is 6.54 Å². The van der Waals surface area contributed by atoms with Crippen LogP contribution in [0.5, 0.6) is 5.75 Å². The van der Waals surface area contributed by atoms with Crippen molar-refractivity contribution >= 4 is 10.9 Å². The molecular weight excluding hydrogens is 320 g/mol. The van der Waals surface area contributed by atoms with Crippen molar-refractivity contribution < 1.29 is 4.74 Å². The Bertz CT molecular complexity index is 1060. The zero-order chi connectivity index (χ0) is 18.7. The minimum atomic E-state index is 0.459. The number of ether oxygens (including phenoxy) is 1. The van der Waals surface area contributed by atoms with Gasteiger partial charge in [-0.1, -0.05) is 31.9 Å². The van der Waals surface area contributed by atoms with Gasteiger partial charge in [0.2, 0.25) is 0 Å². The van der Waals surface area contributed by atoms with E-state index < -0.39 is 0 Å². The second kappa shape index (κ2) is 7.38. The average molecular weight is 342 g/mol. The van der Waals surface area contributed by atoms with E-state index in [1.165, 1.54) is 5.56 Å². The van der Waals surface area contributed by atoms with Gasteiger partial charge in [-0.05, 0) is 48.6 Å². The van der Waals surface area contributed by atoms with Crippen molar-refractivity contribution in [2.24, 2.45) is 0 Å². The summed E-state index contributed by atoms with van der Waals surface area (Å²) in [7, 11) is 1.65. The highest BCUT2D eigenvalue weighted by atomic mass is 16.5. The maximum atomic E-state index is 9.70. The van der Waals surface area contributed by atoms with Crippen LogP contribution >= 0.6 is 0 Å². The Morgan fingerprint density at radius 1 is 1.12 bits per heavy atom. The van der Waals surface area contributed by atoms with Gasteiger partial charge in [-0.3, -0.25) is 0 Å². The molecule has 0 unspecified atom stereocenters. The topological polar surface area (TPSA) is 38.0 Å². The van der Waals surface area contributed by atoms with E-state index in [-0.39, 0.29) is 0 Å². The van der Waals surface area contributed by atoms with Crippen LogP contribution in [0, 0.1) is 23.2 Å². The molecule has 0 saturated heterocycles. The number of methoxy groups -OCH3 is 1. The number of nitriles is 1. The van der Waals surface area contributed by atoms with Gasteiger partial charge in [0.1, 0.15) is 17.5 Å². The van der Waals surface area contributed by atoms with Crippen molar-refractivity contribution in [3.63, 3.8) is 0 Å². The van der Waals surface area contributed by atoms with Crippen molar-refractivity contribution in [2.45, 2.75) is 33.2 Å². The molecule has 0 aliphatic heterocycles. The molecule has 0 fully saturated rings. The summed E-state index contributed by atoms with van der Waals surface area (Å²) in [6.45, 7) is 7.14. The zero-order valence-corrected chi connectivity index (χ0v) is 15.6. The van der Waals surface area contributed by atoms with Crippen molar-refractivity contribution in [3.8, 4) is 23.7 Å². The van der Waals surface area contributed by atoms with Crippen molar-refractivity contribution in [1.82, 2.24) is 4.57 Å². The standard InChI is InChI=1S/C23H22N2O/c1-5-25-22(12-9-17-7-6-8-18(13-17)16(2)3)21(15-24)20-11-10-19(26-4)14-23(20)25/h6-8,10-11,13-14,16H,5H2,1-4H3. The van der Waals surface area contributed by atoms with Crippen molar-refractivity contribution in [2.75, 3.05) is 7.11 Å². The molecular formula is C23H22N2O. The number of aryl methyl sites for hydroxylation is 1. The Balaban J connectivity index is 2.17. The van der Waals surface area contributed by atoms with Crippen molar-refractivity contribution in [1.29, 1.82) is 5.26 Å². The first-order chi connectivity index (χ1) is 12.6. The fourth-order valence-electron chi connectivity index (χ4n) is 3.13. The van der Waals surface area contributed by atoms with Crippen LogP contribution in [0.4, 0.5) is 0 Å². The first-order valence-electron chi connectivity index (χ1n) is 8.81. The molecule has 130 valence electrons. The number of hydrogen-bond donors (Lipinski definition) is 0. The summed E-state index contributed by atoms with van der Waals surface area (Å²) in [5.74, 6) is 7.72. The largest absolute Gasteiger partial charge is 0.497 e. The summed E-state index contributed by atoms with van der Waals surface area (Å²) in [6, 6.07) is 16.4. The molecule has 1 heterocycles. The maximum absolute atomic E-state index is 9.70. The average Bonchev–Trinajstić information content (AvgIpc) is 2.97. The fourth-order valence-corrected chi connectivity index (χ4v) is 3.13. The van der Waals surface area contributed by atoms with Crippen LogP contribution in [0.3, 0.4) is 0 Å². The van der Waals surface area contributed by atoms with Gasteiger partial charge >= 0.3 is 0 Å². The van der Waals surface area contributed by atoms with E-state index >= 15 is 0 Å². The van der Waals surface area contributed by atoms with Crippen LogP contribution in [0.25, 0.3) is 10.9 Å². The zero-order valence-electron chi connectivity index (χ0n) is 15.6. The monoisotopic (exact) mass is 342 g/mol. The van der Waals surface area contributed by atoms with Crippen LogP contribution in [0.15, 0.2) is 42.5 Å². The number of aromatic nitrogens is 1. The van der Waals surface area contributed by atoms with Crippen LogP contribution in [0.1, 0.15) is 49.1 Å². The van der Waals surface area contributed by atoms with E-state index in [9.17, 15) is 5.26 Å². The van der Waals surface area contributed by atoms with E-state index in [0.29, 0.717) is 11.5 Å². The van der Waals surface area contributed by atoms with Gasteiger partial charge in [-0.2, -0.15) is 5.26 Å². The van der Waals surface area contributed by atoms with Gasteiger partial charge in [0.05, 0.1) is 18.2 Å². The van der Waals surface area contributed by atoms with Gasteiger partial charge in [0, 0.05) is 23.6 Å². The Morgan fingerprint density at radius 3 is 2.58 bits per heavy atom. The second-order valence-corrected chi connectivity index (χ2v) is 6.49. The number of rotatable bonds is 3. The molecule has 1 aromatic heterocycles. The van der Waals surface area contributed by atoms with E-state index in [4.69, 9.17) is 4.74 Å². The molecule has 0 aliphatic rings. The molecule has 3 heteroatoms. The van der Waals surface area contributed by atoms with E-state index in [2.05, 4.69) is 55.4 Å². The normalized spacial score (nSPS) is 10.5. The lowest BCUT2D eigenvalue weighted by Crippen LogP contribution is -1.98. The number of fused-ring (bicyclic) bond motifs is 1. The third kappa shape index (κ3) is 3.17. The van der Waals surface area contributed by atoms with Gasteiger partial charge in [-0.15, -0.1) is 0 Å². The molecule has 0 amide bonds. The Morgan fingerprint density at radius 2 is 1.92 bits per heavy atom. The van der Waals surface area contributed by atoms with Gasteiger partial charge in [-0.25, -0.2) is 0 Å². The van der Waals surface area contributed by atoms with E-state index in [1.807, 2.05) is 30.3 Å². The molecule has 0 N–H and O–H groups in total. The molecule has 0 aliphatic carbocycles. The summed E-state index contributed by atoms with van der Waals surface area (Å²) in [4.78, 5) is 0. The highest BCUT2D eigenvalue weighted by Crippen LogP contribution is 2.29. The Hall–Kier alpha value is -3.17. The highest BCUT2D eigenvalue weighted by molar-refractivity contribution is 5.90. The van der Waals surface area contributed by atoms with Crippen LogP contribution in [-0.4, -0.2) is 11.7 Å². The quantitative estimate of drug-likeness (QED) is 0.624. The number of benzene rings is 2. The SMILES string of the molecule is CCn1c(C#Cc2cccc(C(C)C)c2)c(C#N)c2ccc(OC)cc21. The smallest absolute Gasteiger partial charge is 0.120 e. The number of hydrogen-bond acceptors (Lipinski definition) is 2. The highest BCUT2D eigenvalue weighted by Gasteiger charge is 2.15. The van der Waals surface area contributed by atoms with Gasteiger partial charge < -0.3 is 9.30 Å². The fraction of sp³-hybridized carbons (Fsp3) is 0.261. The van der Waals surface area contributed by atoms with Gasteiger partial charge in [0.25, 0.3) is 0 Å². The Kier molecular flexibility index (Phi) is 5.01. The lowest BCUT2D eigenvalue weighted by molar-refractivity contribution is 0.415. The van der Waals surface area contributed by atoms with Crippen LogP contribution < -0.4 is 4.74 Å². The molecule has 0 radical (unpaired) electrons. The maximum Gasteiger partial charge on any atom is 0.120 e. The molecule has 3 rings (SSSR count). The second-order valence-electron chi connectivity index (χ2n) is 6.49. The molecule has 3 aromatic rings. The molecule has 3 nitrogen and oxygen atoms in total. The Labute approximate surface area is 154 Å². The summed E-state index contributed by atoms with van der Waals surface area (Å²) in [5.41, 5.74) is 4.58. The lowest BCUT2D eigenvalue weighted by Gasteiger charge is -2.05. The van der Waals surface area contributed by atoms with E-state index in [0.717, 1.165) is 34.5 Å². The summed E-state index contributed by atoms with van der Waals surface area (Å²) < 4.78 is 7.42. The van der Waals surface area contributed by atoms with Crippen molar-refractivity contribution in [3.05, 3.63) is 64.8 Å². The first kappa shape index (κ1) is 17.6. The predicted molar refractivity (Wildman–Crippen MR) is 105 cm³/mol. The molecule has 2 aromatic carbocycles. The minimum absolute atomic E-state index is 0.459. The molecule has 26 heavy (non-hydrogen) atoms. The third-order valence-electron chi connectivity index (χ3n) is 4.58. The summed E-state index contributed by atoms with van der Waals surface area (Å²) in [6.07, 6.45) is 0. The summed E-state index contributed by atoms with van der Waals surface area (Å²) in [5, 5.41) is 10.6. The lowest BCUT2D eigenvalue weighted by atomic mass is 10.0. The van der Waals surface area contributed by atoms with E-state index in [1.54, 1.807) is 7.11 Å². The van der Waals surface area contributed by atoms with Crippen LogP contribution in [0.2, 0.25) is 0 Å². The summed E-state index contributed by atoms with van der Waals surface area (Å²) >= 11 is 0. The first-order valence-corrected chi connectivity index (χ1v) is 8.81. The molecule has 0 atom stereocenters. The molecule has 0 spiro atoms. The minimum Gasteiger partial charge on any atom is -0.497 e. The number of nitrogens with zero attached hydrogens (tertiary/aromatic N) is 2. The molecule has 0 saturated carbocycles. The molecule has 0 bridgehead atoms. The predicted octanol–water partition coefficient (Wildman–Crippen LogP) is 5.06.